The van der Waals surface area contributed by atoms with E-state index in [1.165, 1.54) is 25.7 Å². The molecule has 0 fully saturated rings. The second kappa shape index (κ2) is 11.9. The monoisotopic (exact) mass is 261 g/mol. The van der Waals surface area contributed by atoms with Crippen molar-refractivity contribution in [1.29, 1.82) is 0 Å². The van der Waals surface area contributed by atoms with Crippen molar-refractivity contribution in [2.24, 2.45) is 0 Å². The molecule has 0 radical (unpaired) electrons. The van der Waals surface area contributed by atoms with Crippen molar-refractivity contribution >= 4 is 0 Å². The quantitative estimate of drug-likeness (QED) is 0.464. The van der Waals surface area contributed by atoms with Gasteiger partial charge in [-0.15, -0.1) is 0 Å². The van der Waals surface area contributed by atoms with Crippen molar-refractivity contribution in [2.75, 3.05) is 26.3 Å². The Hall–Kier alpha value is -0.160. The molecule has 4 heteroatoms. The summed E-state index contributed by atoms with van der Waals surface area (Å²) >= 11 is 0. The predicted molar refractivity (Wildman–Crippen MR) is 74.6 cm³/mol. The van der Waals surface area contributed by atoms with E-state index < -0.39 is 0 Å². The van der Waals surface area contributed by atoms with Crippen LogP contribution in [0.1, 0.15) is 52.4 Å². The van der Waals surface area contributed by atoms with E-state index in [4.69, 9.17) is 0 Å². The van der Waals surface area contributed by atoms with E-state index in [0.29, 0.717) is 6.42 Å². The fourth-order valence-electron chi connectivity index (χ4n) is 2.04. The average Bonchev–Trinajstić information content (AvgIpc) is 2.35. The van der Waals surface area contributed by atoms with Gasteiger partial charge in [-0.25, -0.2) is 0 Å². The summed E-state index contributed by atoms with van der Waals surface area (Å²) in [6.45, 7) is 5.55. The molecule has 0 heterocycles. The summed E-state index contributed by atoms with van der Waals surface area (Å²) in [6, 6.07) is -0.185. The first-order valence-corrected chi connectivity index (χ1v) is 7.29. The highest BCUT2D eigenvalue weighted by atomic mass is 16.3. The van der Waals surface area contributed by atoms with Gasteiger partial charge in [0.25, 0.3) is 0 Å². The van der Waals surface area contributed by atoms with Crippen LogP contribution in [0.2, 0.25) is 0 Å². The van der Waals surface area contributed by atoms with Crippen LogP contribution in [0.5, 0.6) is 0 Å². The Bertz CT molecular complexity index is 172. The normalized spacial score (nSPS) is 13.5. The minimum atomic E-state index is -0.328. The minimum Gasteiger partial charge on any atom is -0.395 e. The molecule has 18 heavy (non-hydrogen) atoms. The zero-order valence-electron chi connectivity index (χ0n) is 12.0. The average molecular weight is 261 g/mol. The summed E-state index contributed by atoms with van der Waals surface area (Å²) in [5.74, 6) is 0. The lowest BCUT2D eigenvalue weighted by molar-refractivity contribution is 0.0602. The van der Waals surface area contributed by atoms with E-state index >= 15 is 0 Å². The second-order valence-corrected chi connectivity index (χ2v) is 5.11. The van der Waals surface area contributed by atoms with Crippen molar-refractivity contribution in [3.63, 3.8) is 0 Å². The maximum atomic E-state index is 9.32. The van der Waals surface area contributed by atoms with Crippen LogP contribution in [0.4, 0.5) is 0 Å². The zero-order valence-corrected chi connectivity index (χ0v) is 12.0. The number of aliphatic hydroxyl groups excluding tert-OH is 3. The highest BCUT2D eigenvalue weighted by Gasteiger charge is 2.16. The first-order valence-electron chi connectivity index (χ1n) is 7.29. The second-order valence-electron chi connectivity index (χ2n) is 5.11. The van der Waals surface area contributed by atoms with Crippen molar-refractivity contribution in [2.45, 2.75) is 64.5 Å². The third kappa shape index (κ3) is 8.86. The molecule has 0 rings (SSSR count). The van der Waals surface area contributed by atoms with Crippen LogP contribution in [0.3, 0.4) is 0 Å². The van der Waals surface area contributed by atoms with Crippen molar-refractivity contribution in [3.05, 3.63) is 0 Å². The Kier molecular flexibility index (Phi) is 11.8. The molecule has 0 saturated carbocycles. The van der Waals surface area contributed by atoms with E-state index in [1.807, 2.05) is 0 Å². The van der Waals surface area contributed by atoms with Crippen LogP contribution >= 0.6 is 0 Å². The molecule has 110 valence electrons. The van der Waals surface area contributed by atoms with Gasteiger partial charge in [0, 0.05) is 6.54 Å². The van der Waals surface area contributed by atoms with Crippen LogP contribution in [-0.2, 0) is 0 Å². The van der Waals surface area contributed by atoms with Gasteiger partial charge in [0.15, 0.2) is 0 Å². The Balaban J connectivity index is 3.95. The molecule has 0 aromatic rings. The van der Waals surface area contributed by atoms with Gasteiger partial charge in [0.1, 0.15) is 0 Å². The Morgan fingerprint density at radius 2 is 1.56 bits per heavy atom. The third-order valence-corrected chi connectivity index (χ3v) is 3.32. The molecule has 0 aliphatic carbocycles. The first kappa shape index (κ1) is 17.8. The van der Waals surface area contributed by atoms with Gasteiger partial charge in [-0.05, 0) is 26.3 Å². The Morgan fingerprint density at radius 1 is 0.944 bits per heavy atom. The molecule has 0 aliphatic heterocycles. The number of hydrogen-bond acceptors (Lipinski definition) is 4. The maximum Gasteiger partial charge on any atom is 0.0609 e. The zero-order chi connectivity index (χ0) is 13.8. The molecular weight excluding hydrogens is 230 g/mol. The molecule has 0 amide bonds. The first-order chi connectivity index (χ1) is 8.65. The number of nitrogens with zero attached hydrogens (tertiary/aromatic N) is 1. The van der Waals surface area contributed by atoms with Gasteiger partial charge >= 0.3 is 0 Å². The van der Waals surface area contributed by atoms with Crippen LogP contribution in [-0.4, -0.2) is 58.7 Å². The SMILES string of the molecule is CCCCCCCN(CC[C@H](C)O)C(CO)CO. The number of unbranched alkanes of at least 4 members (excludes halogenated alkanes) is 4. The van der Waals surface area contributed by atoms with Crippen LogP contribution in [0.15, 0.2) is 0 Å². The summed E-state index contributed by atoms with van der Waals surface area (Å²) in [6.07, 6.45) is 6.41. The van der Waals surface area contributed by atoms with Gasteiger partial charge in [0.05, 0.1) is 25.4 Å². The highest BCUT2D eigenvalue weighted by Crippen LogP contribution is 2.08. The largest absolute Gasteiger partial charge is 0.395 e. The summed E-state index contributed by atoms with van der Waals surface area (Å²) in [4.78, 5) is 2.10. The van der Waals surface area contributed by atoms with E-state index in [2.05, 4.69) is 11.8 Å². The standard InChI is InChI=1S/C14H31NO3/c1-3-4-5-6-7-9-15(10-8-13(2)18)14(11-16)12-17/h13-14,16-18H,3-12H2,1-2H3/t13-/m0/s1. The Labute approximate surface area is 112 Å². The summed E-state index contributed by atoms with van der Waals surface area (Å²) in [5, 5.41) is 27.8. The van der Waals surface area contributed by atoms with Crippen molar-refractivity contribution in [1.82, 2.24) is 4.90 Å². The number of aliphatic hydroxyl groups is 3. The predicted octanol–water partition coefficient (Wildman–Crippen LogP) is 1.38. The molecule has 0 spiro atoms. The van der Waals surface area contributed by atoms with E-state index in [-0.39, 0.29) is 25.4 Å². The van der Waals surface area contributed by atoms with Gasteiger partial charge in [-0.2, -0.15) is 0 Å². The summed E-state index contributed by atoms with van der Waals surface area (Å²) in [7, 11) is 0. The summed E-state index contributed by atoms with van der Waals surface area (Å²) in [5.41, 5.74) is 0. The van der Waals surface area contributed by atoms with Crippen molar-refractivity contribution < 1.29 is 15.3 Å². The van der Waals surface area contributed by atoms with Gasteiger partial charge in [-0.1, -0.05) is 32.6 Å². The smallest absolute Gasteiger partial charge is 0.0609 e. The topological polar surface area (TPSA) is 63.9 Å². The lowest BCUT2D eigenvalue weighted by Crippen LogP contribution is -2.42. The van der Waals surface area contributed by atoms with E-state index in [9.17, 15) is 15.3 Å². The highest BCUT2D eigenvalue weighted by molar-refractivity contribution is 4.71. The molecule has 0 aromatic carbocycles. The van der Waals surface area contributed by atoms with E-state index in [0.717, 1.165) is 19.5 Å². The lowest BCUT2D eigenvalue weighted by Gasteiger charge is -2.29. The molecular formula is C14H31NO3. The van der Waals surface area contributed by atoms with Crippen molar-refractivity contribution in [3.8, 4) is 0 Å². The van der Waals surface area contributed by atoms with Crippen LogP contribution < -0.4 is 0 Å². The molecule has 1 atom stereocenters. The maximum absolute atomic E-state index is 9.32. The fraction of sp³-hybridized carbons (Fsp3) is 1.00. The molecule has 0 unspecified atom stereocenters. The van der Waals surface area contributed by atoms with Crippen LogP contribution in [0, 0.1) is 0 Å². The van der Waals surface area contributed by atoms with Gasteiger partial charge in [-0.3, -0.25) is 4.90 Å². The molecule has 0 bridgehead atoms. The molecule has 3 N–H and O–H groups in total. The molecule has 0 saturated heterocycles. The van der Waals surface area contributed by atoms with Gasteiger partial charge < -0.3 is 15.3 Å². The third-order valence-electron chi connectivity index (χ3n) is 3.32. The summed E-state index contributed by atoms with van der Waals surface area (Å²) < 4.78 is 0. The molecule has 4 nitrogen and oxygen atoms in total. The number of rotatable bonds is 12. The molecule has 0 aliphatic rings. The van der Waals surface area contributed by atoms with Crippen LogP contribution in [0.25, 0.3) is 0 Å². The van der Waals surface area contributed by atoms with E-state index in [1.54, 1.807) is 6.92 Å². The van der Waals surface area contributed by atoms with Gasteiger partial charge in [0.2, 0.25) is 0 Å². The number of hydrogen-bond donors (Lipinski definition) is 3. The lowest BCUT2D eigenvalue weighted by atomic mass is 10.1. The minimum absolute atomic E-state index is 0.0226. The molecule has 0 aromatic heterocycles. The Morgan fingerprint density at radius 3 is 2.06 bits per heavy atom. The fourth-order valence-corrected chi connectivity index (χ4v) is 2.04.